The Labute approximate surface area is 96.1 Å². The van der Waals surface area contributed by atoms with Crippen molar-refractivity contribution in [2.45, 2.75) is 33.3 Å². The highest BCUT2D eigenvalue weighted by Crippen LogP contribution is 2.19. The van der Waals surface area contributed by atoms with E-state index in [-0.39, 0.29) is 18.3 Å². The first-order valence-electron chi connectivity index (χ1n) is 5.61. The summed E-state index contributed by atoms with van der Waals surface area (Å²) in [7, 11) is 0. The van der Waals surface area contributed by atoms with Crippen LogP contribution < -0.4 is 4.74 Å². The SMILES string of the molecule is CCC(C)C(O)COc1cc(F)ccc1C. The Bertz CT molecular complexity index is 339. The van der Waals surface area contributed by atoms with Gasteiger partial charge in [-0.25, -0.2) is 4.39 Å². The molecule has 0 spiro atoms. The second kappa shape index (κ2) is 5.85. The van der Waals surface area contributed by atoms with Gasteiger partial charge in [0, 0.05) is 6.07 Å². The van der Waals surface area contributed by atoms with Crippen LogP contribution >= 0.6 is 0 Å². The minimum absolute atomic E-state index is 0.189. The molecular weight excluding hydrogens is 207 g/mol. The molecule has 1 aromatic rings. The molecule has 2 unspecified atom stereocenters. The number of aliphatic hydroxyl groups is 1. The van der Waals surface area contributed by atoms with E-state index >= 15 is 0 Å². The molecule has 1 aromatic carbocycles. The summed E-state index contributed by atoms with van der Waals surface area (Å²) in [6.07, 6.45) is 0.389. The molecule has 0 saturated carbocycles. The van der Waals surface area contributed by atoms with Crippen LogP contribution in [0.3, 0.4) is 0 Å². The summed E-state index contributed by atoms with van der Waals surface area (Å²) in [5.41, 5.74) is 0.873. The van der Waals surface area contributed by atoms with Crippen LogP contribution in [0.15, 0.2) is 18.2 Å². The molecule has 0 aliphatic carbocycles. The Kier molecular flexibility index (Phi) is 4.74. The second-order valence-electron chi connectivity index (χ2n) is 4.17. The minimum Gasteiger partial charge on any atom is -0.491 e. The van der Waals surface area contributed by atoms with Gasteiger partial charge in [0.2, 0.25) is 0 Å². The van der Waals surface area contributed by atoms with Crippen molar-refractivity contribution >= 4 is 0 Å². The molecule has 0 aliphatic rings. The fourth-order valence-electron chi connectivity index (χ4n) is 1.34. The third-order valence-electron chi connectivity index (χ3n) is 2.86. The summed E-state index contributed by atoms with van der Waals surface area (Å²) < 4.78 is 18.4. The van der Waals surface area contributed by atoms with E-state index in [1.165, 1.54) is 12.1 Å². The quantitative estimate of drug-likeness (QED) is 0.836. The molecule has 16 heavy (non-hydrogen) atoms. The number of halogens is 1. The first-order chi connectivity index (χ1) is 7.54. The summed E-state index contributed by atoms with van der Waals surface area (Å²) in [6, 6.07) is 4.41. The lowest BCUT2D eigenvalue weighted by atomic mass is 10.0. The van der Waals surface area contributed by atoms with E-state index in [2.05, 4.69) is 0 Å². The average Bonchev–Trinajstić information content (AvgIpc) is 2.28. The highest BCUT2D eigenvalue weighted by atomic mass is 19.1. The maximum absolute atomic E-state index is 13.0. The van der Waals surface area contributed by atoms with Gasteiger partial charge in [0.25, 0.3) is 0 Å². The predicted octanol–water partition coefficient (Wildman–Crippen LogP) is 2.92. The lowest BCUT2D eigenvalue weighted by Gasteiger charge is -2.18. The van der Waals surface area contributed by atoms with Gasteiger partial charge in [0.1, 0.15) is 18.2 Å². The summed E-state index contributed by atoms with van der Waals surface area (Å²) in [5, 5.41) is 9.72. The van der Waals surface area contributed by atoms with Crippen LogP contribution in [0.1, 0.15) is 25.8 Å². The molecule has 0 bridgehead atoms. The van der Waals surface area contributed by atoms with Crippen LogP contribution in [0.4, 0.5) is 4.39 Å². The number of aliphatic hydroxyl groups excluding tert-OH is 1. The van der Waals surface area contributed by atoms with Gasteiger partial charge in [0.05, 0.1) is 6.10 Å². The predicted molar refractivity (Wildman–Crippen MR) is 62.1 cm³/mol. The Morgan fingerprint density at radius 3 is 2.75 bits per heavy atom. The molecular formula is C13H19FO2. The molecule has 90 valence electrons. The van der Waals surface area contributed by atoms with E-state index in [0.717, 1.165) is 12.0 Å². The van der Waals surface area contributed by atoms with E-state index in [1.807, 2.05) is 20.8 Å². The zero-order chi connectivity index (χ0) is 12.1. The molecule has 0 saturated heterocycles. The van der Waals surface area contributed by atoms with Crippen LogP contribution in [-0.4, -0.2) is 17.8 Å². The van der Waals surface area contributed by atoms with Gasteiger partial charge in [-0.1, -0.05) is 26.3 Å². The monoisotopic (exact) mass is 226 g/mol. The van der Waals surface area contributed by atoms with Crippen LogP contribution in [0, 0.1) is 18.7 Å². The van der Waals surface area contributed by atoms with Crippen LogP contribution in [0.25, 0.3) is 0 Å². The first-order valence-corrected chi connectivity index (χ1v) is 5.61. The third-order valence-corrected chi connectivity index (χ3v) is 2.86. The van der Waals surface area contributed by atoms with Gasteiger partial charge in [-0.2, -0.15) is 0 Å². The molecule has 0 aliphatic heterocycles. The summed E-state index contributed by atoms with van der Waals surface area (Å²) in [6.45, 7) is 6.04. The first kappa shape index (κ1) is 13.0. The third kappa shape index (κ3) is 3.49. The summed E-state index contributed by atoms with van der Waals surface area (Å²) >= 11 is 0. The van der Waals surface area contributed by atoms with Crippen molar-refractivity contribution in [2.24, 2.45) is 5.92 Å². The topological polar surface area (TPSA) is 29.5 Å². The molecule has 1 rings (SSSR count). The van der Waals surface area contributed by atoms with Crippen molar-refractivity contribution < 1.29 is 14.2 Å². The van der Waals surface area contributed by atoms with Crippen molar-refractivity contribution in [3.63, 3.8) is 0 Å². The number of aryl methyl sites for hydroxylation is 1. The lowest BCUT2D eigenvalue weighted by molar-refractivity contribution is 0.0618. The Hall–Kier alpha value is -1.09. The Balaban J connectivity index is 2.57. The fourth-order valence-corrected chi connectivity index (χ4v) is 1.34. The molecule has 3 heteroatoms. The zero-order valence-electron chi connectivity index (χ0n) is 10.0. The van der Waals surface area contributed by atoms with Gasteiger partial charge in [-0.15, -0.1) is 0 Å². The molecule has 0 heterocycles. The van der Waals surface area contributed by atoms with Crippen molar-refractivity contribution in [2.75, 3.05) is 6.61 Å². The van der Waals surface area contributed by atoms with E-state index in [1.54, 1.807) is 6.07 Å². The fraction of sp³-hybridized carbons (Fsp3) is 0.538. The standard InChI is InChI=1S/C13H19FO2/c1-4-9(2)12(15)8-16-13-7-11(14)6-5-10(13)3/h5-7,9,12,15H,4,8H2,1-3H3. The van der Waals surface area contributed by atoms with Crippen molar-refractivity contribution in [3.05, 3.63) is 29.6 Å². The number of benzene rings is 1. The molecule has 0 aromatic heterocycles. The smallest absolute Gasteiger partial charge is 0.126 e. The van der Waals surface area contributed by atoms with Gasteiger partial charge in [-0.05, 0) is 24.5 Å². The molecule has 1 N–H and O–H groups in total. The minimum atomic E-state index is -0.507. The number of hydrogen-bond donors (Lipinski definition) is 1. The Morgan fingerprint density at radius 1 is 1.44 bits per heavy atom. The average molecular weight is 226 g/mol. The molecule has 0 amide bonds. The van der Waals surface area contributed by atoms with E-state index in [4.69, 9.17) is 4.74 Å². The molecule has 2 atom stereocenters. The molecule has 2 nitrogen and oxygen atoms in total. The molecule has 0 radical (unpaired) electrons. The van der Waals surface area contributed by atoms with E-state index in [0.29, 0.717) is 5.75 Å². The van der Waals surface area contributed by atoms with Gasteiger partial charge in [-0.3, -0.25) is 0 Å². The van der Waals surface area contributed by atoms with Gasteiger partial charge in [0.15, 0.2) is 0 Å². The second-order valence-corrected chi connectivity index (χ2v) is 4.17. The maximum Gasteiger partial charge on any atom is 0.126 e. The lowest BCUT2D eigenvalue weighted by Crippen LogP contribution is -2.25. The van der Waals surface area contributed by atoms with E-state index in [9.17, 15) is 9.50 Å². The van der Waals surface area contributed by atoms with Crippen molar-refractivity contribution in [1.29, 1.82) is 0 Å². The van der Waals surface area contributed by atoms with Crippen LogP contribution in [0.5, 0.6) is 5.75 Å². The van der Waals surface area contributed by atoms with Gasteiger partial charge >= 0.3 is 0 Å². The highest BCUT2D eigenvalue weighted by molar-refractivity contribution is 5.32. The van der Waals surface area contributed by atoms with Crippen molar-refractivity contribution in [3.8, 4) is 5.75 Å². The summed E-state index contributed by atoms with van der Waals surface area (Å²) in [4.78, 5) is 0. The van der Waals surface area contributed by atoms with Crippen LogP contribution in [-0.2, 0) is 0 Å². The Morgan fingerprint density at radius 2 is 2.12 bits per heavy atom. The number of hydrogen-bond acceptors (Lipinski definition) is 2. The number of ether oxygens (including phenoxy) is 1. The van der Waals surface area contributed by atoms with Gasteiger partial charge < -0.3 is 9.84 Å². The van der Waals surface area contributed by atoms with Crippen molar-refractivity contribution in [1.82, 2.24) is 0 Å². The summed E-state index contributed by atoms with van der Waals surface area (Å²) in [5.74, 6) is 0.370. The number of rotatable bonds is 5. The zero-order valence-corrected chi connectivity index (χ0v) is 10.0. The normalized spacial score (nSPS) is 14.6. The van der Waals surface area contributed by atoms with E-state index < -0.39 is 6.10 Å². The van der Waals surface area contributed by atoms with Crippen LogP contribution in [0.2, 0.25) is 0 Å². The molecule has 0 fully saturated rings. The maximum atomic E-state index is 13.0. The highest BCUT2D eigenvalue weighted by Gasteiger charge is 2.13. The largest absolute Gasteiger partial charge is 0.491 e.